The van der Waals surface area contributed by atoms with Gasteiger partial charge in [0.25, 0.3) is 0 Å². The molecule has 0 radical (unpaired) electrons. The fourth-order valence-corrected chi connectivity index (χ4v) is 3.93. The highest BCUT2D eigenvalue weighted by Crippen LogP contribution is 2.45. The van der Waals surface area contributed by atoms with Crippen molar-refractivity contribution in [2.24, 2.45) is 5.92 Å². The zero-order valence-electron chi connectivity index (χ0n) is 16.6. The van der Waals surface area contributed by atoms with E-state index in [9.17, 15) is 23.8 Å². The van der Waals surface area contributed by atoms with Crippen LogP contribution in [0.25, 0.3) is 5.57 Å². The molecular formula is C25H21F2NO3. The molecule has 0 saturated carbocycles. The van der Waals surface area contributed by atoms with E-state index < -0.39 is 5.92 Å². The Morgan fingerprint density at radius 1 is 0.903 bits per heavy atom. The zero-order chi connectivity index (χ0) is 22.0. The SMILES string of the molecule is O=C1[C@H](CC=C(CO)c2ccc(F)cc2)[C@@H](c2ccc(O)cc2)N1c1ccc(F)cc1. The van der Waals surface area contributed by atoms with Crippen LogP contribution in [0.15, 0.2) is 78.9 Å². The number of halogens is 2. The highest BCUT2D eigenvalue weighted by atomic mass is 19.1. The van der Waals surface area contributed by atoms with Crippen molar-refractivity contribution in [3.8, 4) is 5.75 Å². The second-order valence-electron chi connectivity index (χ2n) is 7.46. The first-order valence-corrected chi connectivity index (χ1v) is 9.91. The van der Waals surface area contributed by atoms with Crippen LogP contribution in [0.3, 0.4) is 0 Å². The molecule has 1 heterocycles. The Balaban J connectivity index is 1.63. The van der Waals surface area contributed by atoms with Crippen molar-refractivity contribution < 1.29 is 23.8 Å². The summed E-state index contributed by atoms with van der Waals surface area (Å²) in [5, 5.41) is 19.4. The highest BCUT2D eigenvalue weighted by molar-refractivity contribution is 6.03. The summed E-state index contributed by atoms with van der Waals surface area (Å²) >= 11 is 0. The fraction of sp³-hybridized carbons (Fsp3) is 0.160. The van der Waals surface area contributed by atoms with Gasteiger partial charge in [-0.1, -0.05) is 30.3 Å². The maximum atomic E-state index is 13.4. The molecule has 0 aromatic heterocycles. The Morgan fingerprint density at radius 3 is 2.06 bits per heavy atom. The van der Waals surface area contributed by atoms with Crippen LogP contribution >= 0.6 is 0 Å². The summed E-state index contributed by atoms with van der Waals surface area (Å²) in [5.74, 6) is -1.13. The van der Waals surface area contributed by atoms with Crippen molar-refractivity contribution >= 4 is 17.2 Å². The van der Waals surface area contributed by atoms with E-state index in [-0.39, 0.29) is 35.9 Å². The Kier molecular flexibility index (Phi) is 5.82. The first-order valence-electron chi connectivity index (χ1n) is 9.91. The van der Waals surface area contributed by atoms with Gasteiger partial charge < -0.3 is 15.1 Å². The van der Waals surface area contributed by atoms with Crippen molar-refractivity contribution in [2.75, 3.05) is 11.5 Å². The Morgan fingerprint density at radius 2 is 1.48 bits per heavy atom. The van der Waals surface area contributed by atoms with E-state index in [0.29, 0.717) is 23.2 Å². The maximum absolute atomic E-state index is 13.4. The van der Waals surface area contributed by atoms with Gasteiger partial charge in [0.15, 0.2) is 0 Å². The quantitative estimate of drug-likeness (QED) is 0.560. The van der Waals surface area contributed by atoms with Crippen LogP contribution in [0.5, 0.6) is 5.75 Å². The Hall–Kier alpha value is -3.51. The number of hydrogen-bond acceptors (Lipinski definition) is 3. The minimum Gasteiger partial charge on any atom is -0.508 e. The van der Waals surface area contributed by atoms with Crippen LogP contribution in [0.2, 0.25) is 0 Å². The predicted octanol–water partition coefficient (Wildman–Crippen LogP) is 4.84. The van der Waals surface area contributed by atoms with Gasteiger partial charge in [-0.05, 0) is 71.7 Å². The van der Waals surface area contributed by atoms with Crippen LogP contribution in [0.4, 0.5) is 14.5 Å². The third kappa shape index (κ3) is 4.20. The largest absolute Gasteiger partial charge is 0.508 e. The smallest absolute Gasteiger partial charge is 0.233 e. The first-order chi connectivity index (χ1) is 15.0. The number of benzene rings is 3. The molecule has 0 unspecified atom stereocenters. The molecule has 158 valence electrons. The average Bonchev–Trinajstić information content (AvgIpc) is 2.78. The number of phenolic OH excluding ortho intramolecular Hbond substituents is 1. The monoisotopic (exact) mass is 421 g/mol. The second kappa shape index (κ2) is 8.70. The summed E-state index contributed by atoms with van der Waals surface area (Å²) < 4.78 is 26.6. The molecule has 0 spiro atoms. The summed E-state index contributed by atoms with van der Waals surface area (Å²) in [6, 6.07) is 17.9. The topological polar surface area (TPSA) is 60.8 Å². The first kappa shape index (κ1) is 20.8. The molecule has 3 aromatic rings. The third-order valence-electron chi connectivity index (χ3n) is 5.56. The molecule has 4 rings (SSSR count). The van der Waals surface area contributed by atoms with E-state index in [1.54, 1.807) is 59.5 Å². The predicted molar refractivity (Wildman–Crippen MR) is 114 cm³/mol. The van der Waals surface area contributed by atoms with Crippen molar-refractivity contribution in [3.63, 3.8) is 0 Å². The molecule has 0 aliphatic carbocycles. The minimum atomic E-state index is -0.392. The fourth-order valence-electron chi connectivity index (χ4n) is 3.93. The standard InChI is InChI=1S/C25H21F2NO3/c26-19-6-1-16(2-7-19)18(15-29)5-14-23-24(17-3-12-22(30)13-4-17)28(25(23)31)21-10-8-20(27)9-11-21/h1-13,23-24,29-30H,14-15H2/t23-,24-/m1/s1. The molecule has 1 aliphatic heterocycles. The van der Waals surface area contributed by atoms with Crippen LogP contribution in [-0.4, -0.2) is 22.7 Å². The number of hydrogen-bond donors (Lipinski definition) is 2. The molecule has 6 heteroatoms. The summed E-state index contributed by atoms with van der Waals surface area (Å²) in [4.78, 5) is 14.6. The molecular weight excluding hydrogens is 400 g/mol. The molecule has 1 saturated heterocycles. The summed E-state index contributed by atoms with van der Waals surface area (Å²) in [7, 11) is 0. The van der Waals surface area contributed by atoms with Crippen molar-refractivity contribution in [1.82, 2.24) is 0 Å². The van der Waals surface area contributed by atoms with Gasteiger partial charge in [-0.25, -0.2) is 8.78 Å². The molecule has 3 aromatic carbocycles. The van der Waals surface area contributed by atoms with Crippen LogP contribution in [-0.2, 0) is 4.79 Å². The summed E-state index contributed by atoms with van der Waals surface area (Å²) in [6.45, 7) is -0.238. The normalized spacial score (nSPS) is 18.7. The van der Waals surface area contributed by atoms with Crippen LogP contribution in [0, 0.1) is 17.6 Å². The van der Waals surface area contributed by atoms with Crippen LogP contribution in [0.1, 0.15) is 23.6 Å². The number of aliphatic hydroxyl groups excluding tert-OH is 1. The molecule has 2 N–H and O–H groups in total. The van der Waals surface area contributed by atoms with Gasteiger partial charge in [-0.3, -0.25) is 4.79 Å². The van der Waals surface area contributed by atoms with Gasteiger partial charge in [-0.15, -0.1) is 0 Å². The van der Waals surface area contributed by atoms with Gasteiger partial charge in [0.2, 0.25) is 5.91 Å². The van der Waals surface area contributed by atoms with Gasteiger partial charge in [0, 0.05) is 5.69 Å². The lowest BCUT2D eigenvalue weighted by Crippen LogP contribution is -2.55. The number of rotatable bonds is 6. The van der Waals surface area contributed by atoms with E-state index in [1.807, 2.05) is 0 Å². The number of carbonyl (C=O) groups excluding carboxylic acids is 1. The molecule has 1 aliphatic rings. The zero-order valence-corrected chi connectivity index (χ0v) is 16.6. The molecule has 31 heavy (non-hydrogen) atoms. The third-order valence-corrected chi connectivity index (χ3v) is 5.56. The number of β-lactam (4-membered cyclic amide) rings is 1. The van der Waals surface area contributed by atoms with Gasteiger partial charge in [0.05, 0.1) is 18.6 Å². The lowest BCUT2D eigenvalue weighted by Gasteiger charge is -2.47. The Labute approximate surface area is 178 Å². The molecule has 0 bridgehead atoms. The number of anilines is 1. The number of aliphatic hydroxyl groups is 1. The highest BCUT2D eigenvalue weighted by Gasteiger charge is 2.48. The van der Waals surface area contributed by atoms with E-state index in [4.69, 9.17) is 0 Å². The van der Waals surface area contributed by atoms with E-state index in [2.05, 4.69) is 0 Å². The molecule has 4 nitrogen and oxygen atoms in total. The van der Waals surface area contributed by atoms with E-state index >= 15 is 0 Å². The number of amides is 1. The molecule has 1 amide bonds. The summed E-state index contributed by atoms with van der Waals surface area (Å²) in [5.41, 5.74) is 2.72. The lowest BCUT2D eigenvalue weighted by molar-refractivity contribution is -0.130. The van der Waals surface area contributed by atoms with Crippen molar-refractivity contribution in [3.05, 3.63) is 102 Å². The maximum Gasteiger partial charge on any atom is 0.233 e. The second-order valence-corrected chi connectivity index (χ2v) is 7.46. The van der Waals surface area contributed by atoms with Crippen LogP contribution < -0.4 is 4.90 Å². The van der Waals surface area contributed by atoms with E-state index in [1.165, 1.54) is 24.3 Å². The molecule has 1 fully saturated rings. The Bertz CT molecular complexity index is 1090. The van der Waals surface area contributed by atoms with Gasteiger partial charge in [0.1, 0.15) is 17.4 Å². The number of carbonyl (C=O) groups is 1. The lowest BCUT2D eigenvalue weighted by atomic mass is 9.79. The van der Waals surface area contributed by atoms with Gasteiger partial charge in [-0.2, -0.15) is 0 Å². The molecule has 2 atom stereocenters. The summed E-state index contributed by atoms with van der Waals surface area (Å²) in [6.07, 6.45) is 2.17. The number of aromatic hydroxyl groups is 1. The number of phenols is 1. The number of nitrogens with zero attached hydrogens (tertiary/aromatic N) is 1. The van der Waals surface area contributed by atoms with Crippen molar-refractivity contribution in [1.29, 1.82) is 0 Å². The van der Waals surface area contributed by atoms with Crippen molar-refractivity contribution in [2.45, 2.75) is 12.5 Å². The van der Waals surface area contributed by atoms with E-state index in [0.717, 1.165) is 5.56 Å². The average molecular weight is 421 g/mol. The van der Waals surface area contributed by atoms with Gasteiger partial charge >= 0.3 is 0 Å². The minimum absolute atomic E-state index is 0.114. The number of allylic oxidation sites excluding steroid dienone is 1.